The molecule has 2 fully saturated rings. The third kappa shape index (κ3) is 4.52. The van der Waals surface area contributed by atoms with Crippen LogP contribution in [-0.4, -0.2) is 30.2 Å². The Hall–Kier alpha value is -0.120. The zero-order chi connectivity index (χ0) is 12.7. The van der Waals surface area contributed by atoms with E-state index in [2.05, 4.69) is 0 Å². The maximum Gasteiger partial charge on any atom is 0.168 e. The van der Waals surface area contributed by atoms with Crippen molar-refractivity contribution in [2.45, 2.75) is 82.5 Å². The van der Waals surface area contributed by atoms with Crippen LogP contribution in [0.5, 0.6) is 0 Å². The van der Waals surface area contributed by atoms with Gasteiger partial charge in [-0.3, -0.25) is 0 Å². The summed E-state index contributed by atoms with van der Waals surface area (Å²) in [6.45, 7) is 0.889. The lowest BCUT2D eigenvalue weighted by Crippen LogP contribution is -2.46. The normalized spacial score (nSPS) is 28.5. The third-order valence-electron chi connectivity index (χ3n) is 4.19. The first-order valence-corrected chi connectivity index (χ1v) is 7.77. The molecule has 106 valence electrons. The van der Waals surface area contributed by atoms with Crippen LogP contribution in [0, 0.1) is 0 Å². The largest absolute Gasteiger partial charge is 0.388 e. The average molecular weight is 256 g/mol. The van der Waals surface area contributed by atoms with E-state index in [4.69, 9.17) is 9.47 Å². The molecule has 0 unspecified atom stereocenters. The Morgan fingerprint density at radius 3 is 1.50 bits per heavy atom. The second-order valence-electron chi connectivity index (χ2n) is 5.87. The highest BCUT2D eigenvalue weighted by Gasteiger charge is 2.36. The highest BCUT2D eigenvalue weighted by Crippen LogP contribution is 2.32. The molecule has 0 aromatic heterocycles. The number of rotatable bonds is 0. The molecule has 2 aliphatic rings. The molecule has 0 atom stereocenters. The summed E-state index contributed by atoms with van der Waals surface area (Å²) in [4.78, 5) is 0. The van der Waals surface area contributed by atoms with E-state index in [9.17, 15) is 5.11 Å². The van der Waals surface area contributed by atoms with Gasteiger partial charge in [0.05, 0.1) is 13.2 Å². The lowest BCUT2D eigenvalue weighted by Gasteiger charge is -2.39. The Kier molecular flexibility index (Phi) is 5.93. The van der Waals surface area contributed by atoms with Crippen molar-refractivity contribution in [2.24, 2.45) is 0 Å². The zero-order valence-corrected chi connectivity index (χ0v) is 11.5. The summed E-state index contributed by atoms with van der Waals surface area (Å²) in [5, 5.41) is 9.48. The van der Waals surface area contributed by atoms with Crippen LogP contribution in [0.1, 0.15) is 70.6 Å². The van der Waals surface area contributed by atoms with E-state index < -0.39 is 6.10 Å². The molecular weight excluding hydrogens is 228 g/mol. The molecule has 1 spiro atoms. The fourth-order valence-electron chi connectivity index (χ4n) is 3.03. The van der Waals surface area contributed by atoms with Crippen molar-refractivity contribution in [1.82, 2.24) is 0 Å². The van der Waals surface area contributed by atoms with Crippen molar-refractivity contribution >= 4 is 0 Å². The van der Waals surface area contributed by atoms with Gasteiger partial charge >= 0.3 is 0 Å². The highest BCUT2D eigenvalue weighted by molar-refractivity contribution is 4.76. The minimum atomic E-state index is -0.433. The second kappa shape index (κ2) is 7.46. The molecule has 0 bridgehead atoms. The van der Waals surface area contributed by atoms with Gasteiger partial charge in [0.15, 0.2) is 5.79 Å². The molecule has 1 aliphatic carbocycles. The third-order valence-corrected chi connectivity index (χ3v) is 4.19. The van der Waals surface area contributed by atoms with Crippen LogP contribution < -0.4 is 0 Å². The fourth-order valence-corrected chi connectivity index (χ4v) is 3.03. The van der Waals surface area contributed by atoms with Gasteiger partial charge in [0.1, 0.15) is 6.10 Å². The standard InChI is InChI=1S/C15H28O3/c16-14-12-17-15(18-13-14)10-8-6-4-2-1-3-5-7-9-11-15/h14,16H,1-13H2. The zero-order valence-electron chi connectivity index (χ0n) is 11.5. The summed E-state index contributed by atoms with van der Waals surface area (Å²) in [5.41, 5.74) is 0. The topological polar surface area (TPSA) is 38.7 Å². The van der Waals surface area contributed by atoms with Crippen LogP contribution in [0.25, 0.3) is 0 Å². The molecule has 0 aromatic rings. The minimum absolute atomic E-state index is 0.377. The minimum Gasteiger partial charge on any atom is -0.388 e. The summed E-state index contributed by atoms with van der Waals surface area (Å²) in [5.74, 6) is -0.377. The Bertz CT molecular complexity index is 208. The van der Waals surface area contributed by atoms with Crippen molar-refractivity contribution < 1.29 is 14.6 Å². The Labute approximate surface area is 111 Å². The van der Waals surface area contributed by atoms with Gasteiger partial charge in [0.2, 0.25) is 0 Å². The highest BCUT2D eigenvalue weighted by atomic mass is 16.7. The van der Waals surface area contributed by atoms with Gasteiger partial charge in [-0.15, -0.1) is 0 Å². The first kappa shape index (κ1) is 14.3. The molecule has 1 aliphatic heterocycles. The Balaban J connectivity index is 1.84. The molecule has 2 rings (SSSR count). The predicted octanol–water partition coefficient (Wildman–Crippen LogP) is 3.40. The maximum absolute atomic E-state index is 9.48. The molecule has 1 saturated carbocycles. The number of aliphatic hydroxyl groups is 1. The smallest absolute Gasteiger partial charge is 0.168 e. The summed E-state index contributed by atoms with van der Waals surface area (Å²) in [7, 11) is 0. The lowest BCUT2D eigenvalue weighted by molar-refractivity contribution is -0.298. The SMILES string of the molecule is OC1COC2(CCCCCCCCCCC2)OC1. The quantitative estimate of drug-likeness (QED) is 0.722. The van der Waals surface area contributed by atoms with E-state index >= 15 is 0 Å². The van der Waals surface area contributed by atoms with Crippen molar-refractivity contribution in [2.75, 3.05) is 13.2 Å². The molecule has 0 amide bonds. The van der Waals surface area contributed by atoms with Gasteiger partial charge in [-0.05, 0) is 12.8 Å². The van der Waals surface area contributed by atoms with E-state index in [-0.39, 0.29) is 5.79 Å². The predicted molar refractivity (Wildman–Crippen MR) is 71.4 cm³/mol. The van der Waals surface area contributed by atoms with Crippen LogP contribution in [0.2, 0.25) is 0 Å². The van der Waals surface area contributed by atoms with Crippen molar-refractivity contribution in [3.8, 4) is 0 Å². The van der Waals surface area contributed by atoms with Gasteiger partial charge < -0.3 is 14.6 Å². The Morgan fingerprint density at radius 1 is 0.667 bits per heavy atom. The van der Waals surface area contributed by atoms with Crippen LogP contribution >= 0.6 is 0 Å². The number of hydrogen-bond acceptors (Lipinski definition) is 3. The van der Waals surface area contributed by atoms with E-state index in [1.165, 1.54) is 57.8 Å². The first-order valence-electron chi connectivity index (χ1n) is 7.77. The van der Waals surface area contributed by atoms with Gasteiger partial charge in [-0.2, -0.15) is 0 Å². The van der Waals surface area contributed by atoms with Gasteiger partial charge in [-0.1, -0.05) is 44.9 Å². The molecule has 18 heavy (non-hydrogen) atoms. The second-order valence-corrected chi connectivity index (χ2v) is 5.87. The Morgan fingerprint density at radius 2 is 1.06 bits per heavy atom. The summed E-state index contributed by atoms with van der Waals surface area (Å²) < 4.78 is 11.7. The fraction of sp³-hybridized carbons (Fsp3) is 1.00. The van der Waals surface area contributed by atoms with Gasteiger partial charge in [-0.25, -0.2) is 0 Å². The van der Waals surface area contributed by atoms with Gasteiger partial charge in [0, 0.05) is 12.8 Å². The summed E-state index contributed by atoms with van der Waals surface area (Å²) in [6, 6.07) is 0. The molecule has 0 aromatic carbocycles. The van der Waals surface area contributed by atoms with Crippen LogP contribution in [0.3, 0.4) is 0 Å². The van der Waals surface area contributed by atoms with E-state index in [0.29, 0.717) is 13.2 Å². The van der Waals surface area contributed by atoms with Crippen LogP contribution in [0.4, 0.5) is 0 Å². The monoisotopic (exact) mass is 256 g/mol. The molecule has 3 nitrogen and oxygen atoms in total. The van der Waals surface area contributed by atoms with Crippen molar-refractivity contribution in [3.05, 3.63) is 0 Å². The van der Waals surface area contributed by atoms with Crippen LogP contribution in [0.15, 0.2) is 0 Å². The van der Waals surface area contributed by atoms with Crippen LogP contribution in [-0.2, 0) is 9.47 Å². The van der Waals surface area contributed by atoms with E-state index in [0.717, 1.165) is 12.8 Å². The molecule has 1 saturated heterocycles. The number of aliphatic hydroxyl groups excluding tert-OH is 1. The molecule has 1 N–H and O–H groups in total. The maximum atomic E-state index is 9.48. The van der Waals surface area contributed by atoms with E-state index in [1.807, 2.05) is 0 Å². The van der Waals surface area contributed by atoms with Crippen molar-refractivity contribution in [3.63, 3.8) is 0 Å². The van der Waals surface area contributed by atoms with E-state index in [1.54, 1.807) is 0 Å². The molecule has 0 radical (unpaired) electrons. The number of ether oxygens (including phenoxy) is 2. The summed E-state index contributed by atoms with van der Waals surface area (Å²) in [6.07, 6.45) is 13.4. The average Bonchev–Trinajstić information content (AvgIpc) is 2.37. The lowest BCUT2D eigenvalue weighted by atomic mass is 9.96. The molecular formula is C15H28O3. The molecule has 1 heterocycles. The van der Waals surface area contributed by atoms with Gasteiger partial charge in [0.25, 0.3) is 0 Å². The molecule has 3 heteroatoms. The number of hydrogen-bond donors (Lipinski definition) is 1. The first-order chi connectivity index (χ1) is 8.81. The van der Waals surface area contributed by atoms with Crippen molar-refractivity contribution in [1.29, 1.82) is 0 Å². The summed E-state index contributed by atoms with van der Waals surface area (Å²) >= 11 is 0.